The Morgan fingerprint density at radius 1 is 1.10 bits per heavy atom. The van der Waals surface area contributed by atoms with Crippen LogP contribution in [-0.4, -0.2) is 44.2 Å². The third-order valence-corrected chi connectivity index (χ3v) is 4.25. The highest BCUT2D eigenvalue weighted by atomic mass is 16.5. The maximum atomic E-state index is 5.60. The van der Waals surface area contributed by atoms with Crippen molar-refractivity contribution in [3.05, 3.63) is 29.3 Å². The van der Waals surface area contributed by atoms with E-state index in [0.29, 0.717) is 0 Å². The molecule has 1 N–H and O–H groups in total. The molecule has 1 aliphatic heterocycles. The van der Waals surface area contributed by atoms with Gasteiger partial charge in [0.1, 0.15) is 5.75 Å². The van der Waals surface area contributed by atoms with Crippen molar-refractivity contribution in [1.29, 1.82) is 0 Å². The molecule has 21 heavy (non-hydrogen) atoms. The molecule has 2 rings (SSSR count). The lowest BCUT2D eigenvalue weighted by Crippen LogP contribution is -2.43. The van der Waals surface area contributed by atoms with Gasteiger partial charge >= 0.3 is 0 Å². The first-order valence-corrected chi connectivity index (χ1v) is 8.51. The van der Waals surface area contributed by atoms with Crippen molar-refractivity contribution < 1.29 is 4.74 Å². The van der Waals surface area contributed by atoms with Crippen LogP contribution in [0.4, 0.5) is 0 Å². The van der Waals surface area contributed by atoms with Crippen molar-refractivity contribution in [3.8, 4) is 5.75 Å². The zero-order chi connectivity index (χ0) is 14.9. The van der Waals surface area contributed by atoms with E-state index in [2.05, 4.69) is 35.3 Å². The summed E-state index contributed by atoms with van der Waals surface area (Å²) in [6.45, 7) is 11.0. The number of piperazine rings is 1. The maximum Gasteiger partial charge on any atom is 0.119 e. The molecule has 3 heteroatoms. The van der Waals surface area contributed by atoms with Crippen molar-refractivity contribution in [2.75, 3.05) is 39.3 Å². The average Bonchev–Trinajstić information content (AvgIpc) is 2.53. The highest BCUT2D eigenvalue weighted by molar-refractivity contribution is 5.35. The molecule has 0 atom stereocenters. The Hall–Kier alpha value is -1.06. The molecule has 0 saturated carbocycles. The molecule has 0 aromatic heterocycles. The van der Waals surface area contributed by atoms with E-state index < -0.39 is 0 Å². The summed E-state index contributed by atoms with van der Waals surface area (Å²) in [7, 11) is 0. The number of hydrogen-bond acceptors (Lipinski definition) is 3. The fraction of sp³-hybridized carbons (Fsp3) is 0.667. The first kappa shape index (κ1) is 16.3. The van der Waals surface area contributed by atoms with Crippen LogP contribution in [-0.2, 0) is 12.8 Å². The minimum Gasteiger partial charge on any atom is -0.494 e. The minimum atomic E-state index is 0.743. The third kappa shape index (κ3) is 5.33. The van der Waals surface area contributed by atoms with Gasteiger partial charge in [0.25, 0.3) is 0 Å². The molecule has 3 nitrogen and oxygen atoms in total. The second kappa shape index (κ2) is 9.06. The van der Waals surface area contributed by atoms with Gasteiger partial charge in [-0.25, -0.2) is 0 Å². The van der Waals surface area contributed by atoms with E-state index in [1.807, 2.05) is 6.92 Å². The number of hydrogen-bond donors (Lipinski definition) is 1. The van der Waals surface area contributed by atoms with Gasteiger partial charge in [0, 0.05) is 26.2 Å². The molecule has 1 fully saturated rings. The highest BCUT2D eigenvalue weighted by Crippen LogP contribution is 2.20. The van der Waals surface area contributed by atoms with Gasteiger partial charge < -0.3 is 15.0 Å². The van der Waals surface area contributed by atoms with Crippen LogP contribution in [0.2, 0.25) is 0 Å². The molecule has 1 heterocycles. The maximum absolute atomic E-state index is 5.60. The van der Waals surface area contributed by atoms with E-state index >= 15 is 0 Å². The largest absolute Gasteiger partial charge is 0.494 e. The lowest BCUT2D eigenvalue weighted by molar-refractivity contribution is 0.237. The molecule has 0 bridgehead atoms. The van der Waals surface area contributed by atoms with Crippen LogP contribution in [0.1, 0.15) is 37.8 Å². The quantitative estimate of drug-likeness (QED) is 0.745. The van der Waals surface area contributed by atoms with E-state index in [-0.39, 0.29) is 0 Å². The Kier molecular flexibility index (Phi) is 7.04. The lowest BCUT2D eigenvalue weighted by Gasteiger charge is -2.27. The van der Waals surface area contributed by atoms with Gasteiger partial charge in [-0.3, -0.25) is 0 Å². The molecule has 0 spiro atoms. The normalized spacial score (nSPS) is 16.1. The Balaban J connectivity index is 1.76. The Labute approximate surface area is 129 Å². The van der Waals surface area contributed by atoms with Crippen LogP contribution >= 0.6 is 0 Å². The molecule has 1 saturated heterocycles. The van der Waals surface area contributed by atoms with Crippen LogP contribution < -0.4 is 10.1 Å². The van der Waals surface area contributed by atoms with Gasteiger partial charge in [-0.15, -0.1) is 0 Å². The highest BCUT2D eigenvalue weighted by Gasteiger charge is 2.09. The van der Waals surface area contributed by atoms with Crippen molar-refractivity contribution in [1.82, 2.24) is 10.2 Å². The van der Waals surface area contributed by atoms with Crippen molar-refractivity contribution >= 4 is 0 Å². The molecule has 1 aliphatic rings. The summed E-state index contributed by atoms with van der Waals surface area (Å²) in [5, 5.41) is 3.41. The monoisotopic (exact) mass is 290 g/mol. The van der Waals surface area contributed by atoms with E-state index in [1.165, 1.54) is 50.0 Å². The van der Waals surface area contributed by atoms with Crippen LogP contribution in [0.25, 0.3) is 0 Å². The number of nitrogens with zero attached hydrogens (tertiary/aromatic N) is 1. The number of aryl methyl sites for hydroxylation is 2. The first-order valence-electron chi connectivity index (χ1n) is 8.51. The zero-order valence-electron chi connectivity index (χ0n) is 13.7. The molecule has 1 aromatic carbocycles. The van der Waals surface area contributed by atoms with Gasteiger partial charge in [-0.1, -0.05) is 13.0 Å². The zero-order valence-corrected chi connectivity index (χ0v) is 13.7. The molecular formula is C18H30N2O. The number of ether oxygens (including phenoxy) is 1. The summed E-state index contributed by atoms with van der Waals surface area (Å²) in [5.74, 6) is 1.01. The number of benzene rings is 1. The fourth-order valence-corrected chi connectivity index (χ4v) is 3.02. The SMILES string of the molecule is CCOc1ccc(CCCCN2CCNCC2)c(CC)c1. The van der Waals surface area contributed by atoms with Crippen molar-refractivity contribution in [2.24, 2.45) is 0 Å². The second-order valence-electron chi connectivity index (χ2n) is 5.77. The summed E-state index contributed by atoms with van der Waals surface area (Å²) < 4.78 is 5.60. The summed E-state index contributed by atoms with van der Waals surface area (Å²) in [4.78, 5) is 2.58. The molecule has 0 amide bonds. The first-order chi connectivity index (χ1) is 10.3. The van der Waals surface area contributed by atoms with Gasteiger partial charge in [0.15, 0.2) is 0 Å². The topological polar surface area (TPSA) is 24.5 Å². The van der Waals surface area contributed by atoms with Gasteiger partial charge in [0.05, 0.1) is 6.61 Å². The van der Waals surface area contributed by atoms with Crippen molar-refractivity contribution in [2.45, 2.75) is 39.5 Å². The van der Waals surface area contributed by atoms with E-state index in [4.69, 9.17) is 4.74 Å². The van der Waals surface area contributed by atoms with Crippen molar-refractivity contribution in [3.63, 3.8) is 0 Å². The molecule has 0 unspecified atom stereocenters. The third-order valence-electron chi connectivity index (χ3n) is 4.25. The van der Waals surface area contributed by atoms with Gasteiger partial charge in [-0.2, -0.15) is 0 Å². The Bertz CT molecular complexity index is 414. The number of unbranched alkanes of at least 4 members (excludes halogenated alkanes) is 1. The molecule has 0 aliphatic carbocycles. The predicted octanol–water partition coefficient (Wildman–Crippen LogP) is 2.88. The Morgan fingerprint density at radius 2 is 1.90 bits per heavy atom. The van der Waals surface area contributed by atoms with E-state index in [0.717, 1.165) is 31.9 Å². The van der Waals surface area contributed by atoms with Gasteiger partial charge in [0.2, 0.25) is 0 Å². The summed E-state index contributed by atoms with van der Waals surface area (Å²) in [6, 6.07) is 6.60. The minimum absolute atomic E-state index is 0.743. The number of rotatable bonds is 8. The molecule has 0 radical (unpaired) electrons. The summed E-state index contributed by atoms with van der Waals surface area (Å²) in [5.41, 5.74) is 2.95. The molecule has 1 aromatic rings. The second-order valence-corrected chi connectivity index (χ2v) is 5.77. The standard InChI is InChI=1S/C18H30N2O/c1-3-16-15-18(21-4-2)9-8-17(16)7-5-6-12-20-13-10-19-11-14-20/h8-9,15,19H,3-7,10-14H2,1-2H3. The Morgan fingerprint density at radius 3 is 2.62 bits per heavy atom. The van der Waals surface area contributed by atoms with Crippen LogP contribution in [0.5, 0.6) is 5.75 Å². The molecule has 118 valence electrons. The van der Waals surface area contributed by atoms with Crippen LogP contribution in [0.15, 0.2) is 18.2 Å². The average molecular weight is 290 g/mol. The van der Waals surface area contributed by atoms with Crippen LogP contribution in [0.3, 0.4) is 0 Å². The fourth-order valence-electron chi connectivity index (χ4n) is 3.02. The molecular weight excluding hydrogens is 260 g/mol. The smallest absolute Gasteiger partial charge is 0.119 e. The summed E-state index contributed by atoms with van der Waals surface area (Å²) >= 11 is 0. The number of nitrogens with one attached hydrogen (secondary N) is 1. The van der Waals surface area contributed by atoms with E-state index in [1.54, 1.807) is 0 Å². The van der Waals surface area contributed by atoms with Gasteiger partial charge in [-0.05, 0) is 62.4 Å². The van der Waals surface area contributed by atoms with Crippen LogP contribution in [0, 0.1) is 0 Å². The predicted molar refractivity (Wildman–Crippen MR) is 89.2 cm³/mol. The van der Waals surface area contributed by atoms with E-state index in [9.17, 15) is 0 Å². The summed E-state index contributed by atoms with van der Waals surface area (Å²) in [6.07, 6.45) is 4.87. The lowest BCUT2D eigenvalue weighted by atomic mass is 9.99.